The normalized spacial score (nSPS) is 31.7. The highest BCUT2D eigenvalue weighted by molar-refractivity contribution is 5.83. The van der Waals surface area contributed by atoms with Crippen LogP contribution in [-0.4, -0.2) is 23.9 Å². The second kappa shape index (κ2) is 7.55. The third-order valence-corrected chi connectivity index (χ3v) is 8.81. The predicted octanol–water partition coefficient (Wildman–Crippen LogP) is 6.10. The van der Waals surface area contributed by atoms with Crippen LogP contribution >= 0.6 is 0 Å². The van der Waals surface area contributed by atoms with E-state index < -0.39 is 0 Å². The number of hydrogen-bond acceptors (Lipinski definition) is 1. The molecular weight excluding hydrogens is 366 g/mol. The summed E-state index contributed by atoms with van der Waals surface area (Å²) in [6.45, 7) is 6.57. The molecule has 0 bridgehead atoms. The smallest absolute Gasteiger partial charge is 0.228 e. The van der Waals surface area contributed by atoms with Crippen LogP contribution in [0, 0.1) is 11.3 Å². The molecule has 2 aromatic rings. The van der Waals surface area contributed by atoms with E-state index in [0.717, 1.165) is 51.6 Å². The molecule has 1 amide bonds. The Morgan fingerprint density at radius 2 is 1.60 bits per heavy atom. The van der Waals surface area contributed by atoms with Gasteiger partial charge in [-0.1, -0.05) is 74.9 Å². The van der Waals surface area contributed by atoms with Crippen molar-refractivity contribution in [2.45, 2.75) is 70.1 Å². The first kappa shape index (κ1) is 19.8. The van der Waals surface area contributed by atoms with Gasteiger partial charge in [0.05, 0.1) is 5.41 Å². The zero-order chi connectivity index (χ0) is 20.8. The van der Waals surface area contributed by atoms with Gasteiger partial charge in [0, 0.05) is 13.1 Å². The van der Waals surface area contributed by atoms with Gasteiger partial charge in [0.1, 0.15) is 0 Å². The summed E-state index contributed by atoms with van der Waals surface area (Å²) in [6, 6.07) is 19.9. The van der Waals surface area contributed by atoms with E-state index in [0.29, 0.717) is 17.7 Å². The van der Waals surface area contributed by atoms with Crippen molar-refractivity contribution < 1.29 is 4.79 Å². The Balaban J connectivity index is 1.36. The lowest BCUT2D eigenvalue weighted by molar-refractivity contribution is -0.151. The fourth-order valence-electron chi connectivity index (χ4n) is 7.19. The molecule has 2 aromatic carbocycles. The van der Waals surface area contributed by atoms with E-state index >= 15 is 0 Å². The van der Waals surface area contributed by atoms with Crippen molar-refractivity contribution in [2.75, 3.05) is 13.1 Å². The van der Waals surface area contributed by atoms with Crippen LogP contribution in [0.4, 0.5) is 0 Å². The van der Waals surface area contributed by atoms with Crippen molar-refractivity contribution in [3.05, 3.63) is 71.3 Å². The molecule has 1 saturated carbocycles. The highest BCUT2D eigenvalue weighted by Crippen LogP contribution is 2.57. The lowest BCUT2D eigenvalue weighted by Crippen LogP contribution is -2.57. The molecule has 1 saturated heterocycles. The Morgan fingerprint density at radius 1 is 0.900 bits per heavy atom. The van der Waals surface area contributed by atoms with Crippen molar-refractivity contribution in [1.29, 1.82) is 0 Å². The summed E-state index contributed by atoms with van der Waals surface area (Å²) in [4.78, 5) is 16.2. The molecule has 2 aliphatic carbocycles. The van der Waals surface area contributed by atoms with E-state index in [1.165, 1.54) is 23.1 Å². The Kier molecular flexibility index (Phi) is 5.00. The molecule has 0 spiro atoms. The molecule has 2 heteroatoms. The number of benzene rings is 2. The number of hydrogen-bond donors (Lipinski definition) is 0. The minimum absolute atomic E-state index is 0.139. The van der Waals surface area contributed by atoms with Gasteiger partial charge in [0.15, 0.2) is 0 Å². The molecule has 0 aromatic heterocycles. The Morgan fingerprint density at radius 3 is 2.37 bits per heavy atom. The number of carbonyl (C=O) groups is 1. The number of piperidine rings is 1. The molecule has 30 heavy (non-hydrogen) atoms. The zero-order valence-corrected chi connectivity index (χ0v) is 18.6. The van der Waals surface area contributed by atoms with E-state index in [4.69, 9.17) is 0 Å². The number of rotatable bonds is 2. The molecule has 0 unspecified atom stereocenters. The highest BCUT2D eigenvalue weighted by atomic mass is 16.2. The van der Waals surface area contributed by atoms with Crippen LogP contribution in [0.15, 0.2) is 54.6 Å². The summed E-state index contributed by atoms with van der Waals surface area (Å²) in [5.41, 5.74) is 4.38. The van der Waals surface area contributed by atoms with E-state index in [1.807, 2.05) is 0 Å². The number of carbonyl (C=O) groups excluding carboxylic acids is 1. The number of likely N-dealkylation sites (tertiary alicyclic amines) is 1. The minimum atomic E-state index is -0.222. The molecular formula is C28H35NO. The molecule has 3 aliphatic rings. The van der Waals surface area contributed by atoms with Crippen LogP contribution in [0.5, 0.6) is 0 Å². The van der Waals surface area contributed by atoms with E-state index in [-0.39, 0.29) is 10.8 Å². The van der Waals surface area contributed by atoms with Gasteiger partial charge in [0.25, 0.3) is 0 Å². The zero-order valence-electron chi connectivity index (χ0n) is 18.6. The van der Waals surface area contributed by atoms with Crippen LogP contribution in [0.3, 0.4) is 0 Å². The van der Waals surface area contributed by atoms with Gasteiger partial charge in [-0.2, -0.15) is 0 Å². The second-order valence-electron chi connectivity index (χ2n) is 10.4. The molecule has 158 valence electrons. The number of nitrogens with zero attached hydrogens (tertiary/aromatic N) is 1. The third-order valence-electron chi connectivity index (χ3n) is 8.81. The third kappa shape index (κ3) is 3.11. The summed E-state index contributed by atoms with van der Waals surface area (Å²) >= 11 is 0. The monoisotopic (exact) mass is 401 g/mol. The summed E-state index contributed by atoms with van der Waals surface area (Å²) in [5.74, 6) is 1.48. The van der Waals surface area contributed by atoms with Crippen LogP contribution in [0.2, 0.25) is 0 Å². The van der Waals surface area contributed by atoms with Gasteiger partial charge in [-0.15, -0.1) is 0 Å². The lowest BCUT2D eigenvalue weighted by Gasteiger charge is -2.55. The van der Waals surface area contributed by atoms with E-state index in [2.05, 4.69) is 73.3 Å². The van der Waals surface area contributed by atoms with Crippen molar-refractivity contribution in [3.8, 4) is 0 Å². The Bertz CT molecular complexity index is 913. The van der Waals surface area contributed by atoms with Crippen LogP contribution in [0.1, 0.15) is 75.0 Å². The van der Waals surface area contributed by atoms with Crippen molar-refractivity contribution in [1.82, 2.24) is 4.90 Å². The fraction of sp³-hybridized carbons (Fsp3) is 0.536. The largest absolute Gasteiger partial charge is 0.342 e. The van der Waals surface area contributed by atoms with Crippen molar-refractivity contribution in [2.24, 2.45) is 11.3 Å². The minimum Gasteiger partial charge on any atom is -0.342 e. The van der Waals surface area contributed by atoms with E-state index in [9.17, 15) is 4.79 Å². The number of amides is 1. The van der Waals surface area contributed by atoms with Gasteiger partial charge in [-0.05, 0) is 72.5 Å². The molecule has 3 atom stereocenters. The quantitative estimate of drug-likeness (QED) is 0.595. The fourth-order valence-corrected chi connectivity index (χ4v) is 7.19. The topological polar surface area (TPSA) is 20.3 Å². The Hall–Kier alpha value is -2.09. The van der Waals surface area contributed by atoms with Crippen LogP contribution < -0.4 is 0 Å². The molecule has 1 aliphatic heterocycles. The average molecular weight is 402 g/mol. The molecule has 2 fully saturated rings. The SMILES string of the molecule is C[C@]1(C(=O)N2CCC(c3ccccc3)CC2)CCC[C@]2(C)c3ccccc3CC[C@@H]12. The summed E-state index contributed by atoms with van der Waals surface area (Å²) in [6.07, 6.45) is 7.88. The second-order valence-corrected chi connectivity index (χ2v) is 10.4. The lowest BCUT2D eigenvalue weighted by atomic mass is 9.49. The number of fused-ring (bicyclic) bond motifs is 3. The first-order valence-electron chi connectivity index (χ1n) is 11.9. The maximum Gasteiger partial charge on any atom is 0.228 e. The van der Waals surface area contributed by atoms with Gasteiger partial charge < -0.3 is 4.90 Å². The molecule has 2 nitrogen and oxygen atoms in total. The van der Waals surface area contributed by atoms with Gasteiger partial charge in [-0.3, -0.25) is 4.79 Å². The number of aryl methyl sites for hydroxylation is 1. The molecule has 1 heterocycles. The first-order valence-corrected chi connectivity index (χ1v) is 11.9. The maximum absolute atomic E-state index is 14.0. The van der Waals surface area contributed by atoms with Gasteiger partial charge in [0.2, 0.25) is 5.91 Å². The summed E-state index contributed by atoms with van der Waals surface area (Å²) in [7, 11) is 0. The van der Waals surface area contributed by atoms with Crippen LogP contribution in [-0.2, 0) is 16.6 Å². The van der Waals surface area contributed by atoms with Gasteiger partial charge >= 0.3 is 0 Å². The maximum atomic E-state index is 14.0. The molecule has 5 rings (SSSR count). The van der Waals surface area contributed by atoms with E-state index in [1.54, 1.807) is 0 Å². The standard InChI is InChI=1S/C28H35NO/c1-27-17-8-18-28(2,25(27)14-13-23-11-6-7-12-24(23)27)26(30)29-19-15-22(16-20-29)21-9-4-3-5-10-21/h3-7,9-12,22,25H,8,13-20H2,1-2H3/t25-,27-,28+/m1/s1. The van der Waals surface area contributed by atoms with Crippen LogP contribution in [0.25, 0.3) is 0 Å². The summed E-state index contributed by atoms with van der Waals surface area (Å²) in [5, 5.41) is 0. The van der Waals surface area contributed by atoms with Gasteiger partial charge in [-0.25, -0.2) is 0 Å². The highest BCUT2D eigenvalue weighted by Gasteiger charge is 2.55. The predicted molar refractivity (Wildman–Crippen MR) is 123 cm³/mol. The molecule has 0 radical (unpaired) electrons. The molecule has 0 N–H and O–H groups in total. The van der Waals surface area contributed by atoms with Crippen molar-refractivity contribution >= 4 is 5.91 Å². The Labute approximate surface area is 181 Å². The first-order chi connectivity index (χ1) is 14.5. The average Bonchev–Trinajstić information content (AvgIpc) is 2.79. The summed E-state index contributed by atoms with van der Waals surface area (Å²) < 4.78 is 0. The van der Waals surface area contributed by atoms with Crippen molar-refractivity contribution in [3.63, 3.8) is 0 Å².